The minimum atomic E-state index is -3.92. The second-order valence-electron chi connectivity index (χ2n) is 9.05. The number of rotatable bonds is 12. The van der Waals surface area contributed by atoms with Gasteiger partial charge in [-0.2, -0.15) is 0 Å². The van der Waals surface area contributed by atoms with E-state index in [9.17, 15) is 22.8 Å². The number of sulfonamides is 1. The highest BCUT2D eigenvalue weighted by molar-refractivity contribution is 7.90. The van der Waals surface area contributed by atoms with E-state index >= 15 is 0 Å². The van der Waals surface area contributed by atoms with Crippen LogP contribution in [0.15, 0.2) is 59.5 Å². The molecule has 0 radical (unpaired) electrons. The number of nitrogens with one attached hydrogen (secondary N) is 1. The average Bonchev–Trinajstić information content (AvgIpc) is 3.07. The number of carbonyl (C=O) groups excluding carboxylic acids is 3. The Hall–Kier alpha value is -3.20. The summed E-state index contributed by atoms with van der Waals surface area (Å²) in [5, 5.41) is 2.98. The fraction of sp³-hybridized carbons (Fsp3) is 0.444. The Morgan fingerprint density at radius 1 is 1.00 bits per heavy atom. The van der Waals surface area contributed by atoms with Crippen molar-refractivity contribution in [3.63, 3.8) is 0 Å². The Labute approximate surface area is 213 Å². The van der Waals surface area contributed by atoms with Crippen molar-refractivity contribution in [2.75, 3.05) is 13.1 Å². The lowest BCUT2D eigenvalue weighted by Crippen LogP contribution is -2.51. The van der Waals surface area contributed by atoms with Crippen LogP contribution < -0.4 is 5.32 Å². The summed E-state index contributed by atoms with van der Waals surface area (Å²) < 4.78 is 26.4. The zero-order valence-corrected chi connectivity index (χ0v) is 22.0. The number of benzene rings is 2. The third-order valence-electron chi connectivity index (χ3n) is 6.54. The lowest BCUT2D eigenvalue weighted by atomic mass is 10.1. The van der Waals surface area contributed by atoms with Crippen molar-refractivity contribution < 1.29 is 22.8 Å². The molecule has 2 aromatic carbocycles. The summed E-state index contributed by atoms with van der Waals surface area (Å²) in [6.45, 7) is 6.05. The second-order valence-corrected chi connectivity index (χ2v) is 10.9. The molecule has 0 aromatic heterocycles. The molecule has 2 aromatic rings. The standard InChI is InChI=1S/C27H35N3O5S/c1-4-20(3)28-26(32)23(5-2)29(19-17-21-12-7-6-8-13-21)25(31)16-11-18-30-27(33)22-14-9-10-15-24(22)36(30,34)35/h6-10,12-15,20,23H,4-5,11,16-19H2,1-3H3,(H,28,32)/t20-,23+/m0/s1. The third-order valence-corrected chi connectivity index (χ3v) is 8.38. The van der Waals surface area contributed by atoms with Crippen LogP contribution in [0.25, 0.3) is 0 Å². The number of amides is 3. The van der Waals surface area contributed by atoms with Gasteiger partial charge in [-0.15, -0.1) is 0 Å². The monoisotopic (exact) mass is 513 g/mol. The first-order valence-corrected chi connectivity index (χ1v) is 13.9. The predicted molar refractivity (Wildman–Crippen MR) is 138 cm³/mol. The van der Waals surface area contributed by atoms with E-state index in [1.165, 1.54) is 12.1 Å². The summed E-state index contributed by atoms with van der Waals surface area (Å²) >= 11 is 0. The van der Waals surface area contributed by atoms with Gasteiger partial charge in [-0.25, -0.2) is 12.7 Å². The lowest BCUT2D eigenvalue weighted by molar-refractivity contribution is -0.141. The van der Waals surface area contributed by atoms with Gasteiger partial charge in [0.15, 0.2) is 0 Å². The van der Waals surface area contributed by atoms with Crippen molar-refractivity contribution in [1.82, 2.24) is 14.5 Å². The molecule has 0 fully saturated rings. The van der Waals surface area contributed by atoms with E-state index in [1.807, 2.05) is 51.1 Å². The van der Waals surface area contributed by atoms with Gasteiger partial charge in [0.2, 0.25) is 11.8 Å². The summed E-state index contributed by atoms with van der Waals surface area (Å²) in [6, 6.07) is 15.2. The molecule has 0 unspecified atom stereocenters. The first-order chi connectivity index (χ1) is 17.2. The van der Waals surface area contributed by atoms with Crippen LogP contribution in [0, 0.1) is 0 Å². The average molecular weight is 514 g/mol. The van der Waals surface area contributed by atoms with Gasteiger partial charge < -0.3 is 10.2 Å². The van der Waals surface area contributed by atoms with Crippen LogP contribution in [0.5, 0.6) is 0 Å². The van der Waals surface area contributed by atoms with Gasteiger partial charge in [0.1, 0.15) is 10.9 Å². The summed E-state index contributed by atoms with van der Waals surface area (Å²) in [7, 11) is -3.92. The fourth-order valence-electron chi connectivity index (χ4n) is 4.31. The molecular weight excluding hydrogens is 478 g/mol. The minimum absolute atomic E-state index is 0.00132. The number of carbonyl (C=O) groups is 3. The van der Waals surface area contributed by atoms with Crippen molar-refractivity contribution in [1.29, 1.82) is 0 Å². The molecule has 36 heavy (non-hydrogen) atoms. The largest absolute Gasteiger partial charge is 0.352 e. The Kier molecular flexibility index (Phi) is 9.25. The van der Waals surface area contributed by atoms with E-state index in [0.29, 0.717) is 19.4 Å². The molecule has 1 aliphatic heterocycles. The van der Waals surface area contributed by atoms with Gasteiger partial charge in [0.25, 0.3) is 15.9 Å². The maximum atomic E-state index is 13.4. The van der Waals surface area contributed by atoms with Crippen molar-refractivity contribution in [3.05, 3.63) is 65.7 Å². The van der Waals surface area contributed by atoms with Gasteiger partial charge >= 0.3 is 0 Å². The molecule has 2 atom stereocenters. The third kappa shape index (κ3) is 6.13. The molecule has 1 N–H and O–H groups in total. The maximum absolute atomic E-state index is 13.4. The Bertz CT molecular complexity index is 1180. The van der Waals surface area contributed by atoms with Crippen molar-refractivity contribution in [2.45, 2.75) is 69.9 Å². The minimum Gasteiger partial charge on any atom is -0.352 e. The van der Waals surface area contributed by atoms with E-state index in [0.717, 1.165) is 16.3 Å². The molecule has 0 saturated heterocycles. The van der Waals surface area contributed by atoms with Gasteiger partial charge in [-0.3, -0.25) is 14.4 Å². The molecular formula is C27H35N3O5S. The molecule has 194 valence electrons. The lowest BCUT2D eigenvalue weighted by Gasteiger charge is -2.31. The summed E-state index contributed by atoms with van der Waals surface area (Å²) in [5.41, 5.74) is 1.21. The van der Waals surface area contributed by atoms with Crippen molar-refractivity contribution in [3.8, 4) is 0 Å². The Morgan fingerprint density at radius 3 is 2.31 bits per heavy atom. The number of nitrogens with zero attached hydrogens (tertiary/aromatic N) is 2. The SMILES string of the molecule is CC[C@H](C(=O)N[C@@H](C)CC)N(CCc1ccccc1)C(=O)CCCN1C(=O)c2ccccc2S1(=O)=O. The molecule has 8 nitrogen and oxygen atoms in total. The molecule has 0 aliphatic carbocycles. The fourth-order valence-corrected chi connectivity index (χ4v) is 5.91. The van der Waals surface area contributed by atoms with Gasteiger partial charge in [-0.1, -0.05) is 56.3 Å². The number of fused-ring (bicyclic) bond motifs is 1. The van der Waals surface area contributed by atoms with E-state index in [1.54, 1.807) is 17.0 Å². The van der Waals surface area contributed by atoms with E-state index in [2.05, 4.69) is 5.32 Å². The van der Waals surface area contributed by atoms with Gasteiger partial charge in [-0.05, 0) is 50.3 Å². The normalized spacial score (nSPS) is 15.8. The molecule has 3 amide bonds. The second kappa shape index (κ2) is 12.2. The first kappa shape index (κ1) is 27.4. The summed E-state index contributed by atoms with van der Waals surface area (Å²) in [5.74, 6) is -1.00. The highest BCUT2D eigenvalue weighted by Gasteiger charge is 2.40. The van der Waals surface area contributed by atoms with Crippen molar-refractivity contribution >= 4 is 27.7 Å². The summed E-state index contributed by atoms with van der Waals surface area (Å²) in [6.07, 6.45) is 2.02. The van der Waals surface area contributed by atoms with Crippen LogP contribution in [0.3, 0.4) is 0 Å². The van der Waals surface area contributed by atoms with Gasteiger partial charge in [0.05, 0.1) is 5.56 Å². The zero-order valence-electron chi connectivity index (χ0n) is 21.1. The van der Waals surface area contributed by atoms with Crippen molar-refractivity contribution in [2.24, 2.45) is 0 Å². The van der Waals surface area contributed by atoms with Crippen LogP contribution in [-0.2, 0) is 26.0 Å². The molecule has 3 rings (SSSR count). The van der Waals surface area contributed by atoms with Crippen LogP contribution >= 0.6 is 0 Å². The first-order valence-electron chi connectivity index (χ1n) is 12.5. The van der Waals surface area contributed by atoms with Crippen LogP contribution in [-0.4, -0.2) is 60.5 Å². The van der Waals surface area contributed by atoms with E-state index in [-0.39, 0.29) is 47.7 Å². The van der Waals surface area contributed by atoms with E-state index in [4.69, 9.17) is 0 Å². The highest BCUT2D eigenvalue weighted by Crippen LogP contribution is 2.30. The quantitative estimate of drug-likeness (QED) is 0.469. The molecule has 0 bridgehead atoms. The van der Waals surface area contributed by atoms with Crippen LogP contribution in [0.2, 0.25) is 0 Å². The Morgan fingerprint density at radius 2 is 1.67 bits per heavy atom. The highest BCUT2D eigenvalue weighted by atomic mass is 32.2. The smallest absolute Gasteiger partial charge is 0.269 e. The molecule has 1 aliphatic rings. The number of hydrogen-bond donors (Lipinski definition) is 1. The summed E-state index contributed by atoms with van der Waals surface area (Å²) in [4.78, 5) is 40.6. The van der Waals surface area contributed by atoms with E-state index < -0.39 is 22.0 Å². The molecule has 0 saturated carbocycles. The topological polar surface area (TPSA) is 104 Å². The van der Waals surface area contributed by atoms with Crippen LogP contribution in [0.1, 0.15) is 62.4 Å². The molecule has 0 spiro atoms. The number of hydrogen-bond acceptors (Lipinski definition) is 5. The zero-order chi connectivity index (χ0) is 26.3. The molecule has 1 heterocycles. The predicted octanol–water partition coefficient (Wildman–Crippen LogP) is 3.38. The molecule has 9 heteroatoms. The maximum Gasteiger partial charge on any atom is 0.269 e. The Balaban J connectivity index is 1.70. The van der Waals surface area contributed by atoms with Gasteiger partial charge in [0, 0.05) is 25.6 Å². The van der Waals surface area contributed by atoms with Crippen LogP contribution in [0.4, 0.5) is 0 Å².